The van der Waals surface area contributed by atoms with Gasteiger partial charge in [0, 0.05) is 68.9 Å². The van der Waals surface area contributed by atoms with E-state index in [1.165, 1.54) is 28.1 Å². The maximum absolute atomic E-state index is 4.63. The molecule has 4 heteroatoms. The van der Waals surface area contributed by atoms with Crippen LogP contribution >= 0.6 is 0 Å². The van der Waals surface area contributed by atoms with Crippen LogP contribution in [0.15, 0.2) is 108 Å². The summed E-state index contributed by atoms with van der Waals surface area (Å²) < 4.78 is 2.25. The zero-order valence-electron chi connectivity index (χ0n) is 27.0. The van der Waals surface area contributed by atoms with E-state index in [9.17, 15) is 0 Å². The summed E-state index contributed by atoms with van der Waals surface area (Å²) in [5.41, 5.74) is 7.32. The van der Waals surface area contributed by atoms with Gasteiger partial charge in [0.1, 0.15) is 6.54 Å². The molecule has 0 aliphatic heterocycles. The predicted molar refractivity (Wildman–Crippen MR) is 190 cm³/mol. The molecule has 0 bridgehead atoms. The number of hydrogen-bond acceptors (Lipinski definition) is 3. The number of pyridine rings is 1. The van der Waals surface area contributed by atoms with E-state index in [-0.39, 0.29) is 0 Å². The molecule has 0 saturated carbocycles. The summed E-state index contributed by atoms with van der Waals surface area (Å²) in [5.74, 6) is 0. The van der Waals surface area contributed by atoms with Crippen LogP contribution in [0.2, 0.25) is 0 Å². The third kappa shape index (κ3) is 11.5. The van der Waals surface area contributed by atoms with Gasteiger partial charge in [0.15, 0.2) is 12.4 Å². The first-order chi connectivity index (χ1) is 21.1. The predicted octanol–water partition coefficient (Wildman–Crippen LogP) is 8.90. The Labute approximate surface area is 261 Å². The summed E-state index contributed by atoms with van der Waals surface area (Å²) in [5, 5.41) is 0. The third-order valence-corrected chi connectivity index (χ3v) is 7.58. The molecule has 2 aromatic carbocycles. The van der Waals surface area contributed by atoms with Crippen molar-refractivity contribution < 1.29 is 4.57 Å². The van der Waals surface area contributed by atoms with Gasteiger partial charge in [-0.05, 0) is 93.6 Å². The topological polar surface area (TPSA) is 22.7 Å². The molecule has 0 amide bonds. The molecule has 4 nitrogen and oxygen atoms in total. The number of benzene rings is 2. The fraction of sp³-hybridized carbons (Fsp3) is 0.333. The summed E-state index contributed by atoms with van der Waals surface area (Å²) >= 11 is 0. The Balaban J connectivity index is 1.41. The van der Waals surface area contributed by atoms with E-state index >= 15 is 0 Å². The van der Waals surface area contributed by atoms with Gasteiger partial charge in [0.05, 0.1) is 0 Å². The molecular weight excluding hydrogens is 524 g/mol. The molecule has 0 N–H and O–H groups in total. The van der Waals surface area contributed by atoms with Crippen LogP contribution in [0, 0.1) is 0 Å². The molecule has 0 aliphatic rings. The smallest absolute Gasteiger partial charge is 0.169 e. The molecule has 0 unspecified atom stereocenters. The van der Waals surface area contributed by atoms with Gasteiger partial charge in [-0.1, -0.05) is 60.7 Å². The lowest BCUT2D eigenvalue weighted by molar-refractivity contribution is -0.697. The first-order valence-corrected chi connectivity index (χ1v) is 16.0. The molecule has 0 spiro atoms. The lowest BCUT2D eigenvalue weighted by Gasteiger charge is -2.20. The summed E-state index contributed by atoms with van der Waals surface area (Å²) in [7, 11) is 0. The number of unbranched alkanes of at least 4 members (excludes halogenated alkanes) is 1. The third-order valence-electron chi connectivity index (χ3n) is 7.58. The van der Waals surface area contributed by atoms with Crippen LogP contribution in [0.25, 0.3) is 18.2 Å². The van der Waals surface area contributed by atoms with Gasteiger partial charge in [-0.15, -0.1) is 0 Å². The molecule has 3 aromatic rings. The summed E-state index contributed by atoms with van der Waals surface area (Å²) in [6.07, 6.45) is 23.4. The summed E-state index contributed by atoms with van der Waals surface area (Å²) in [6.45, 7) is 16.8. The summed E-state index contributed by atoms with van der Waals surface area (Å²) in [6, 6.07) is 21.9. The molecule has 0 fully saturated rings. The minimum Gasteiger partial charge on any atom is -0.372 e. The van der Waals surface area contributed by atoms with Crippen molar-refractivity contribution in [3.05, 3.63) is 120 Å². The van der Waals surface area contributed by atoms with E-state index < -0.39 is 0 Å². The number of hydrogen-bond donors (Lipinski definition) is 0. The van der Waals surface area contributed by atoms with Crippen molar-refractivity contribution in [2.45, 2.75) is 54.0 Å². The Hall–Kier alpha value is -4.18. The molecule has 43 heavy (non-hydrogen) atoms. The van der Waals surface area contributed by atoms with Crippen LogP contribution < -0.4 is 14.4 Å². The monoisotopic (exact) mass is 575 g/mol. The Kier molecular flexibility index (Phi) is 14.8. The lowest BCUT2D eigenvalue weighted by Crippen LogP contribution is -2.32. The standard InChI is InChI=1S/C39H51N4/c1-6-13-34(14-15-35-18-22-38(23-19-35)42(7-2)8-3)26-30-40-29-11-12-31-41-32-27-37(28-33-41)17-16-36-20-24-39(25-21-36)43(9-4)10-5/h6,13-28,30,32-33H,7-12,29,31H2,1-5H3/q+1/b13-6-,15-14+,34-26+,40-30?. The maximum Gasteiger partial charge on any atom is 0.169 e. The van der Waals surface area contributed by atoms with E-state index in [0.29, 0.717) is 0 Å². The SMILES string of the molecule is C\C=C/C(/C=C/c1ccc(N(CC)CC)cc1)=C\C=NCCCC[n+]1ccc(/C=C/c2ccc(N(CC)CC)cc2)cc1. The molecule has 1 heterocycles. The van der Waals surface area contributed by atoms with Crippen molar-refractivity contribution in [1.82, 2.24) is 0 Å². The molecule has 0 radical (unpaired) electrons. The number of aryl methyl sites for hydroxylation is 1. The Morgan fingerprint density at radius 2 is 1.16 bits per heavy atom. The zero-order valence-corrected chi connectivity index (χ0v) is 27.0. The highest BCUT2D eigenvalue weighted by Gasteiger charge is 2.02. The van der Waals surface area contributed by atoms with Gasteiger partial charge < -0.3 is 9.80 Å². The van der Waals surface area contributed by atoms with Crippen LogP contribution in [0.3, 0.4) is 0 Å². The van der Waals surface area contributed by atoms with Crippen LogP contribution in [0.1, 0.15) is 64.2 Å². The highest BCUT2D eigenvalue weighted by Crippen LogP contribution is 2.17. The second-order valence-electron chi connectivity index (χ2n) is 10.5. The van der Waals surface area contributed by atoms with E-state index in [1.807, 2.05) is 13.1 Å². The number of nitrogens with zero attached hydrogens (tertiary/aromatic N) is 4. The van der Waals surface area contributed by atoms with Gasteiger partial charge in [-0.3, -0.25) is 4.99 Å². The number of anilines is 2. The first-order valence-electron chi connectivity index (χ1n) is 16.0. The number of allylic oxidation sites excluding steroid dienone is 5. The molecule has 0 atom stereocenters. The van der Waals surface area contributed by atoms with Crippen LogP contribution in [-0.2, 0) is 6.54 Å². The summed E-state index contributed by atoms with van der Waals surface area (Å²) in [4.78, 5) is 9.35. The zero-order chi connectivity index (χ0) is 30.7. The van der Waals surface area contributed by atoms with Crippen molar-refractivity contribution in [2.24, 2.45) is 4.99 Å². The van der Waals surface area contributed by atoms with Gasteiger partial charge in [0.25, 0.3) is 0 Å². The van der Waals surface area contributed by atoms with Crippen LogP contribution in [-0.4, -0.2) is 38.9 Å². The van der Waals surface area contributed by atoms with Crippen LogP contribution in [0.5, 0.6) is 0 Å². The first kappa shape index (κ1) is 33.3. The van der Waals surface area contributed by atoms with Crippen molar-refractivity contribution in [2.75, 3.05) is 42.5 Å². The molecule has 1 aromatic heterocycles. The Bertz CT molecular complexity index is 1340. The van der Waals surface area contributed by atoms with E-state index in [0.717, 1.165) is 57.7 Å². The van der Waals surface area contributed by atoms with Gasteiger partial charge in [0.2, 0.25) is 0 Å². The van der Waals surface area contributed by atoms with Crippen LogP contribution in [0.4, 0.5) is 11.4 Å². The van der Waals surface area contributed by atoms with E-state index in [2.05, 4.69) is 163 Å². The average Bonchev–Trinajstić information content (AvgIpc) is 3.05. The van der Waals surface area contributed by atoms with Crippen molar-refractivity contribution in [3.63, 3.8) is 0 Å². The number of aliphatic imine (C=N–C) groups is 1. The number of rotatable bonds is 17. The Morgan fingerprint density at radius 3 is 1.67 bits per heavy atom. The second-order valence-corrected chi connectivity index (χ2v) is 10.5. The fourth-order valence-electron chi connectivity index (χ4n) is 4.95. The Morgan fingerprint density at radius 1 is 0.651 bits per heavy atom. The molecule has 0 aliphatic carbocycles. The molecular formula is C39H51N4+. The number of aromatic nitrogens is 1. The minimum absolute atomic E-state index is 0.838. The van der Waals surface area contributed by atoms with Crippen molar-refractivity contribution in [3.8, 4) is 0 Å². The molecule has 3 rings (SSSR count). The average molecular weight is 576 g/mol. The molecule has 0 saturated heterocycles. The normalized spacial score (nSPS) is 12.3. The van der Waals surface area contributed by atoms with Gasteiger partial charge >= 0.3 is 0 Å². The largest absolute Gasteiger partial charge is 0.372 e. The van der Waals surface area contributed by atoms with Gasteiger partial charge in [-0.2, -0.15) is 0 Å². The highest BCUT2D eigenvalue weighted by molar-refractivity contribution is 5.75. The van der Waals surface area contributed by atoms with E-state index in [1.54, 1.807) is 0 Å². The van der Waals surface area contributed by atoms with Gasteiger partial charge in [-0.25, -0.2) is 4.57 Å². The quantitative estimate of drug-likeness (QED) is 0.0694. The lowest BCUT2D eigenvalue weighted by atomic mass is 10.1. The molecule has 226 valence electrons. The van der Waals surface area contributed by atoms with Crippen molar-refractivity contribution in [1.29, 1.82) is 0 Å². The highest BCUT2D eigenvalue weighted by atomic mass is 15.1. The fourth-order valence-corrected chi connectivity index (χ4v) is 4.95. The van der Waals surface area contributed by atoms with E-state index in [4.69, 9.17) is 0 Å². The second kappa shape index (κ2) is 19.1. The minimum atomic E-state index is 0.838. The maximum atomic E-state index is 4.63. The van der Waals surface area contributed by atoms with Crippen molar-refractivity contribution >= 4 is 35.8 Å².